The number of hydrogen-bond donors (Lipinski definition) is 4. The number of aliphatic hydroxyl groups excluding tert-OH is 1. The highest BCUT2D eigenvalue weighted by Crippen LogP contribution is 2.43. The fraction of sp³-hybridized carbons (Fsp3) is 0.304. The highest BCUT2D eigenvalue weighted by atomic mass is 16.5. The number of aromatic amines is 2. The summed E-state index contributed by atoms with van der Waals surface area (Å²) in [5.74, 6) is 3.08. The number of hydrogen-bond acceptors (Lipinski definition) is 5. The quantitative estimate of drug-likeness (QED) is 0.280. The molecule has 2 aromatic carbocycles. The van der Waals surface area contributed by atoms with Gasteiger partial charge >= 0.3 is 0 Å². The zero-order valence-corrected chi connectivity index (χ0v) is 17.2. The van der Waals surface area contributed by atoms with Gasteiger partial charge in [-0.1, -0.05) is 6.07 Å². The predicted molar refractivity (Wildman–Crippen MR) is 119 cm³/mol. The molecule has 0 spiro atoms. The van der Waals surface area contributed by atoms with Crippen LogP contribution in [0.4, 0.5) is 11.5 Å². The number of aromatic nitrogens is 2. The molecule has 0 fully saturated rings. The molecule has 2 aromatic rings. The van der Waals surface area contributed by atoms with Gasteiger partial charge in [-0.15, -0.1) is 0 Å². The van der Waals surface area contributed by atoms with Crippen LogP contribution >= 0.6 is 0 Å². The summed E-state index contributed by atoms with van der Waals surface area (Å²) in [5, 5.41) is 21.0. The number of nitrogens with one attached hydrogen (secondary N) is 3. The summed E-state index contributed by atoms with van der Waals surface area (Å²) in [6.45, 7) is 5.63. The van der Waals surface area contributed by atoms with Crippen LogP contribution in [0.15, 0.2) is 42.5 Å². The van der Waals surface area contributed by atoms with Crippen molar-refractivity contribution in [2.24, 2.45) is 0 Å². The van der Waals surface area contributed by atoms with Crippen molar-refractivity contribution in [3.8, 4) is 28.5 Å². The zero-order chi connectivity index (χ0) is 20.9. The first-order valence-electron chi connectivity index (χ1n) is 10.3. The molecule has 0 saturated carbocycles. The summed E-state index contributed by atoms with van der Waals surface area (Å²) in [5.41, 5.74) is 2.97. The van der Waals surface area contributed by atoms with Gasteiger partial charge in [-0.2, -0.15) is 0 Å². The summed E-state index contributed by atoms with van der Waals surface area (Å²) in [6, 6.07) is 14.0. The maximum absolute atomic E-state index is 9.03. The minimum Gasteiger partial charge on any atom is -0.494 e. The Balaban J connectivity index is 1.66. The first-order chi connectivity index (χ1) is 14.7. The maximum Gasteiger partial charge on any atom is 0.161 e. The maximum atomic E-state index is 9.03. The molecule has 4 rings (SSSR count). The normalized spacial score (nSPS) is 11.2. The Morgan fingerprint density at radius 2 is 1.77 bits per heavy atom. The smallest absolute Gasteiger partial charge is 0.161 e. The molecule has 1 heterocycles. The summed E-state index contributed by atoms with van der Waals surface area (Å²) >= 11 is 0. The monoisotopic (exact) mass is 409 g/mol. The molecule has 30 heavy (non-hydrogen) atoms. The van der Waals surface area contributed by atoms with Crippen LogP contribution < -0.4 is 19.5 Å². The van der Waals surface area contributed by atoms with E-state index in [9.17, 15) is 0 Å². The second kappa shape index (κ2) is 9.00. The van der Waals surface area contributed by atoms with E-state index in [1.165, 1.54) is 0 Å². The standard InChI is InChI=1S/C23H27N3O4/c1-3-28-17-8-5-7-16(13-17)24-23-19-11-15-12-20(29-4-2)21(30-10-6-9-27)14-18(15)22(19)25-26-23/h5,7-8,11-14,24-27H,3-4,6,9-10H2,1-2H3. The van der Waals surface area contributed by atoms with Gasteiger partial charge in [0, 0.05) is 35.7 Å². The average molecular weight is 409 g/mol. The minimum absolute atomic E-state index is 0.0952. The fourth-order valence-electron chi connectivity index (χ4n) is 3.51. The van der Waals surface area contributed by atoms with Crippen LogP contribution in [0.25, 0.3) is 22.0 Å². The number of H-pyrrole nitrogens is 2. The van der Waals surface area contributed by atoms with E-state index in [2.05, 4.69) is 21.6 Å². The van der Waals surface area contributed by atoms with Gasteiger partial charge in [0.1, 0.15) is 11.6 Å². The molecule has 1 aliphatic heterocycles. The van der Waals surface area contributed by atoms with Crippen molar-refractivity contribution in [2.45, 2.75) is 20.3 Å². The second-order valence-electron chi connectivity index (χ2n) is 6.89. The predicted octanol–water partition coefficient (Wildman–Crippen LogP) is 4.90. The Hall–Kier alpha value is -3.32. The largest absolute Gasteiger partial charge is 0.494 e. The molecule has 0 unspecified atom stereocenters. The molecule has 0 bridgehead atoms. The van der Waals surface area contributed by atoms with E-state index in [0.29, 0.717) is 37.7 Å². The van der Waals surface area contributed by atoms with Crippen molar-refractivity contribution in [2.75, 3.05) is 31.7 Å². The number of ether oxygens (including phenoxy) is 3. The number of anilines is 2. The summed E-state index contributed by atoms with van der Waals surface area (Å²) < 4.78 is 17.2. The van der Waals surface area contributed by atoms with E-state index >= 15 is 0 Å². The summed E-state index contributed by atoms with van der Waals surface area (Å²) in [7, 11) is 0. The van der Waals surface area contributed by atoms with Gasteiger partial charge in [0.25, 0.3) is 0 Å². The molecular weight excluding hydrogens is 382 g/mol. The van der Waals surface area contributed by atoms with Gasteiger partial charge in [0.15, 0.2) is 11.5 Å². The lowest BCUT2D eigenvalue weighted by Crippen LogP contribution is -2.02. The molecule has 0 amide bonds. The van der Waals surface area contributed by atoms with Crippen LogP contribution in [-0.4, -0.2) is 41.7 Å². The van der Waals surface area contributed by atoms with Crippen LogP contribution in [0.5, 0.6) is 17.2 Å². The van der Waals surface area contributed by atoms with Gasteiger partial charge in [-0.05, 0) is 49.6 Å². The van der Waals surface area contributed by atoms with Gasteiger partial charge < -0.3 is 24.6 Å². The number of aliphatic hydroxyl groups is 1. The van der Waals surface area contributed by atoms with E-state index in [4.69, 9.17) is 19.3 Å². The molecule has 7 heteroatoms. The Morgan fingerprint density at radius 1 is 0.933 bits per heavy atom. The highest BCUT2D eigenvalue weighted by Gasteiger charge is 2.20. The number of benzene rings is 2. The molecule has 7 nitrogen and oxygen atoms in total. The first kappa shape index (κ1) is 20.0. The molecular formula is C23H27N3O4. The van der Waals surface area contributed by atoms with Crippen molar-refractivity contribution in [3.05, 3.63) is 42.5 Å². The number of rotatable bonds is 10. The van der Waals surface area contributed by atoms with Crippen molar-refractivity contribution in [3.63, 3.8) is 0 Å². The van der Waals surface area contributed by atoms with Crippen LogP contribution in [0, 0.1) is 0 Å². The number of fused-ring (bicyclic) bond motifs is 3. The molecule has 158 valence electrons. The molecule has 1 aliphatic carbocycles. The van der Waals surface area contributed by atoms with Crippen LogP contribution in [-0.2, 0) is 0 Å². The van der Waals surface area contributed by atoms with Crippen LogP contribution in [0.2, 0.25) is 0 Å². The lowest BCUT2D eigenvalue weighted by Gasteiger charge is -2.12. The van der Waals surface area contributed by atoms with Crippen molar-refractivity contribution in [1.29, 1.82) is 0 Å². The van der Waals surface area contributed by atoms with E-state index < -0.39 is 0 Å². The molecule has 2 aliphatic rings. The Labute approximate surface area is 175 Å². The van der Waals surface area contributed by atoms with Crippen molar-refractivity contribution >= 4 is 22.3 Å². The Kier molecular flexibility index (Phi) is 5.99. The highest BCUT2D eigenvalue weighted by molar-refractivity contribution is 6.05. The second-order valence-corrected chi connectivity index (χ2v) is 6.89. The lowest BCUT2D eigenvalue weighted by molar-refractivity contribution is 0.225. The Bertz CT molecular complexity index is 1090. The lowest BCUT2D eigenvalue weighted by atomic mass is 10.2. The molecule has 4 N–H and O–H groups in total. The third-order valence-electron chi connectivity index (χ3n) is 4.81. The van der Waals surface area contributed by atoms with Crippen molar-refractivity contribution in [1.82, 2.24) is 10.2 Å². The summed E-state index contributed by atoms with van der Waals surface area (Å²) in [4.78, 5) is 0. The van der Waals surface area contributed by atoms with Gasteiger partial charge in [0.05, 0.1) is 25.5 Å². The average Bonchev–Trinajstić information content (AvgIpc) is 3.29. The van der Waals surface area contributed by atoms with E-state index in [-0.39, 0.29) is 6.61 Å². The fourth-order valence-corrected chi connectivity index (χ4v) is 3.51. The van der Waals surface area contributed by atoms with E-state index in [1.54, 1.807) is 0 Å². The SMILES string of the molecule is CCOc1cccc(Nc2[nH][nH]c3c4cc(OCCCO)c(OCC)cc4cc2-3)c1. The third kappa shape index (κ3) is 4.02. The van der Waals surface area contributed by atoms with Gasteiger partial charge in [-0.3, -0.25) is 10.2 Å². The summed E-state index contributed by atoms with van der Waals surface area (Å²) in [6.07, 6.45) is 0.575. The minimum atomic E-state index is 0.0952. The van der Waals surface area contributed by atoms with E-state index in [1.807, 2.05) is 50.2 Å². The van der Waals surface area contributed by atoms with Crippen LogP contribution in [0.3, 0.4) is 0 Å². The third-order valence-corrected chi connectivity index (χ3v) is 4.81. The van der Waals surface area contributed by atoms with Gasteiger partial charge in [-0.25, -0.2) is 0 Å². The molecule has 0 saturated heterocycles. The zero-order valence-electron chi connectivity index (χ0n) is 17.2. The first-order valence-corrected chi connectivity index (χ1v) is 10.3. The van der Waals surface area contributed by atoms with E-state index in [0.717, 1.165) is 39.3 Å². The Morgan fingerprint density at radius 3 is 2.57 bits per heavy atom. The van der Waals surface area contributed by atoms with Crippen LogP contribution in [0.1, 0.15) is 20.3 Å². The van der Waals surface area contributed by atoms with Gasteiger partial charge in [0.2, 0.25) is 0 Å². The topological polar surface area (TPSA) is 91.5 Å². The van der Waals surface area contributed by atoms with Crippen molar-refractivity contribution < 1.29 is 19.3 Å². The molecule has 0 atom stereocenters. The molecule has 0 radical (unpaired) electrons. The molecule has 0 aromatic heterocycles.